The van der Waals surface area contributed by atoms with Crippen LogP contribution in [0.3, 0.4) is 0 Å². The van der Waals surface area contributed by atoms with Gasteiger partial charge in [0.1, 0.15) is 5.82 Å². The SMILES string of the molecule is CC(CN)c1ncc(-c2ccccc2Br)[nH]1. The Balaban J connectivity index is 2.35. The van der Waals surface area contributed by atoms with Crippen LogP contribution in [-0.4, -0.2) is 16.5 Å². The Morgan fingerprint density at radius 2 is 2.19 bits per heavy atom. The zero-order valence-corrected chi connectivity index (χ0v) is 10.7. The van der Waals surface area contributed by atoms with E-state index in [1.54, 1.807) is 0 Å². The topological polar surface area (TPSA) is 54.7 Å². The molecular formula is C12H14BrN3. The van der Waals surface area contributed by atoms with Crippen LogP contribution in [0.4, 0.5) is 0 Å². The minimum absolute atomic E-state index is 0.260. The molecule has 84 valence electrons. The third kappa shape index (κ3) is 2.18. The average molecular weight is 280 g/mol. The molecule has 1 aromatic carbocycles. The monoisotopic (exact) mass is 279 g/mol. The lowest BCUT2D eigenvalue weighted by Crippen LogP contribution is -2.10. The summed E-state index contributed by atoms with van der Waals surface area (Å²) in [5.41, 5.74) is 7.75. The third-order valence-corrected chi connectivity index (χ3v) is 3.27. The average Bonchev–Trinajstić information content (AvgIpc) is 2.78. The molecule has 1 aromatic heterocycles. The first-order valence-electron chi connectivity index (χ1n) is 5.22. The van der Waals surface area contributed by atoms with Gasteiger partial charge in [-0.1, -0.05) is 41.1 Å². The van der Waals surface area contributed by atoms with Gasteiger partial charge >= 0.3 is 0 Å². The van der Waals surface area contributed by atoms with E-state index in [1.807, 2.05) is 24.4 Å². The largest absolute Gasteiger partial charge is 0.342 e. The number of hydrogen-bond donors (Lipinski definition) is 2. The number of H-pyrrole nitrogens is 1. The van der Waals surface area contributed by atoms with Gasteiger partial charge in [-0.2, -0.15) is 0 Å². The molecular weight excluding hydrogens is 266 g/mol. The van der Waals surface area contributed by atoms with Crippen molar-refractivity contribution in [3.63, 3.8) is 0 Å². The quantitative estimate of drug-likeness (QED) is 0.908. The van der Waals surface area contributed by atoms with Crippen molar-refractivity contribution in [1.82, 2.24) is 9.97 Å². The molecule has 3 N–H and O–H groups in total. The first kappa shape index (κ1) is 11.4. The molecule has 0 radical (unpaired) electrons. The fourth-order valence-electron chi connectivity index (χ4n) is 1.52. The number of nitrogens with one attached hydrogen (secondary N) is 1. The minimum atomic E-state index is 0.260. The summed E-state index contributed by atoms with van der Waals surface area (Å²) >= 11 is 3.52. The van der Waals surface area contributed by atoms with Crippen molar-refractivity contribution in [2.45, 2.75) is 12.8 Å². The number of aromatic nitrogens is 2. The van der Waals surface area contributed by atoms with Crippen LogP contribution in [0.1, 0.15) is 18.7 Å². The van der Waals surface area contributed by atoms with Crippen LogP contribution in [0.2, 0.25) is 0 Å². The lowest BCUT2D eigenvalue weighted by atomic mass is 10.1. The van der Waals surface area contributed by atoms with Crippen LogP contribution < -0.4 is 5.73 Å². The Morgan fingerprint density at radius 3 is 2.88 bits per heavy atom. The van der Waals surface area contributed by atoms with Gasteiger partial charge in [-0.15, -0.1) is 0 Å². The molecule has 0 amide bonds. The maximum Gasteiger partial charge on any atom is 0.110 e. The van der Waals surface area contributed by atoms with Gasteiger partial charge in [0.05, 0.1) is 11.9 Å². The first-order chi connectivity index (χ1) is 7.72. The van der Waals surface area contributed by atoms with Crippen molar-refractivity contribution < 1.29 is 0 Å². The molecule has 2 rings (SSSR count). The second-order valence-corrected chi connectivity index (χ2v) is 4.65. The molecule has 0 aliphatic heterocycles. The molecule has 0 aliphatic rings. The third-order valence-electron chi connectivity index (χ3n) is 2.58. The van der Waals surface area contributed by atoms with Gasteiger partial charge in [0.15, 0.2) is 0 Å². The van der Waals surface area contributed by atoms with E-state index < -0.39 is 0 Å². The fraction of sp³-hybridized carbons (Fsp3) is 0.250. The number of aromatic amines is 1. The summed E-state index contributed by atoms with van der Waals surface area (Å²) in [6.07, 6.45) is 1.85. The first-order valence-corrected chi connectivity index (χ1v) is 6.01. The smallest absolute Gasteiger partial charge is 0.110 e. The van der Waals surface area contributed by atoms with Gasteiger partial charge < -0.3 is 10.7 Å². The molecule has 0 fully saturated rings. The number of rotatable bonds is 3. The van der Waals surface area contributed by atoms with Gasteiger partial charge in [-0.05, 0) is 6.07 Å². The second-order valence-electron chi connectivity index (χ2n) is 3.80. The van der Waals surface area contributed by atoms with E-state index in [-0.39, 0.29) is 5.92 Å². The Bertz CT molecular complexity index is 479. The molecule has 0 saturated carbocycles. The van der Waals surface area contributed by atoms with Crippen LogP contribution in [0.15, 0.2) is 34.9 Å². The van der Waals surface area contributed by atoms with Gasteiger partial charge in [0, 0.05) is 22.5 Å². The Kier molecular flexibility index (Phi) is 3.41. The van der Waals surface area contributed by atoms with Gasteiger partial charge in [-0.3, -0.25) is 0 Å². The highest BCUT2D eigenvalue weighted by Gasteiger charge is 2.10. The zero-order valence-electron chi connectivity index (χ0n) is 9.07. The number of hydrogen-bond acceptors (Lipinski definition) is 2. The summed E-state index contributed by atoms with van der Waals surface area (Å²) < 4.78 is 1.06. The van der Waals surface area contributed by atoms with E-state index in [4.69, 9.17) is 5.73 Å². The molecule has 1 atom stereocenters. The maximum atomic E-state index is 5.61. The Labute approximate surface area is 103 Å². The summed E-state index contributed by atoms with van der Waals surface area (Å²) in [5, 5.41) is 0. The lowest BCUT2D eigenvalue weighted by molar-refractivity contribution is 0.725. The van der Waals surface area contributed by atoms with Crippen molar-refractivity contribution in [3.8, 4) is 11.3 Å². The summed E-state index contributed by atoms with van der Waals surface area (Å²) in [6, 6.07) is 8.07. The standard InChI is InChI=1S/C12H14BrN3/c1-8(6-14)12-15-7-11(16-12)9-4-2-3-5-10(9)13/h2-5,7-8H,6,14H2,1H3,(H,15,16). The van der Waals surface area contributed by atoms with E-state index in [9.17, 15) is 0 Å². The summed E-state index contributed by atoms with van der Waals surface area (Å²) in [5.74, 6) is 1.20. The molecule has 1 unspecified atom stereocenters. The Morgan fingerprint density at radius 1 is 1.44 bits per heavy atom. The van der Waals surface area contributed by atoms with Gasteiger partial charge in [-0.25, -0.2) is 4.98 Å². The number of benzene rings is 1. The molecule has 0 spiro atoms. The highest BCUT2D eigenvalue weighted by Crippen LogP contribution is 2.27. The van der Waals surface area contributed by atoms with Gasteiger partial charge in [0.2, 0.25) is 0 Å². The molecule has 4 heteroatoms. The van der Waals surface area contributed by atoms with Crippen molar-refractivity contribution >= 4 is 15.9 Å². The van der Waals surface area contributed by atoms with Crippen LogP contribution in [0.25, 0.3) is 11.3 Å². The number of nitrogens with zero attached hydrogens (tertiary/aromatic N) is 1. The molecule has 2 aromatic rings. The van der Waals surface area contributed by atoms with E-state index >= 15 is 0 Å². The van der Waals surface area contributed by atoms with E-state index in [2.05, 4.69) is 38.9 Å². The molecule has 0 bridgehead atoms. The summed E-state index contributed by atoms with van der Waals surface area (Å²) in [7, 11) is 0. The molecule has 1 heterocycles. The van der Waals surface area contributed by atoms with Gasteiger partial charge in [0.25, 0.3) is 0 Å². The minimum Gasteiger partial charge on any atom is -0.342 e. The number of imidazole rings is 1. The van der Waals surface area contributed by atoms with Crippen molar-refractivity contribution in [2.75, 3.05) is 6.54 Å². The van der Waals surface area contributed by atoms with E-state index in [0.29, 0.717) is 6.54 Å². The Hall–Kier alpha value is -1.13. The van der Waals surface area contributed by atoms with Crippen LogP contribution >= 0.6 is 15.9 Å². The predicted octanol–water partition coefficient (Wildman–Crippen LogP) is 2.90. The van der Waals surface area contributed by atoms with Crippen LogP contribution in [0, 0.1) is 0 Å². The van der Waals surface area contributed by atoms with Crippen molar-refractivity contribution in [3.05, 3.63) is 40.8 Å². The summed E-state index contributed by atoms with van der Waals surface area (Å²) in [6.45, 7) is 2.66. The molecule has 0 saturated heterocycles. The second kappa shape index (κ2) is 4.80. The summed E-state index contributed by atoms with van der Waals surface area (Å²) in [4.78, 5) is 7.65. The highest BCUT2D eigenvalue weighted by molar-refractivity contribution is 9.10. The fourth-order valence-corrected chi connectivity index (χ4v) is 2.01. The molecule has 0 aliphatic carbocycles. The van der Waals surface area contributed by atoms with Crippen LogP contribution in [0.5, 0.6) is 0 Å². The highest BCUT2D eigenvalue weighted by atomic mass is 79.9. The normalized spacial score (nSPS) is 12.7. The van der Waals surface area contributed by atoms with Crippen molar-refractivity contribution in [2.24, 2.45) is 5.73 Å². The zero-order chi connectivity index (χ0) is 11.5. The van der Waals surface area contributed by atoms with E-state index in [0.717, 1.165) is 21.6 Å². The molecule has 3 nitrogen and oxygen atoms in total. The number of halogens is 1. The lowest BCUT2D eigenvalue weighted by Gasteiger charge is -2.04. The van der Waals surface area contributed by atoms with E-state index in [1.165, 1.54) is 0 Å². The maximum absolute atomic E-state index is 5.61. The molecule has 16 heavy (non-hydrogen) atoms. The number of nitrogens with two attached hydrogens (primary N) is 1. The van der Waals surface area contributed by atoms with Crippen LogP contribution in [-0.2, 0) is 0 Å². The van der Waals surface area contributed by atoms with Crippen molar-refractivity contribution in [1.29, 1.82) is 0 Å². The predicted molar refractivity (Wildman–Crippen MR) is 69.2 cm³/mol.